The molecule has 0 radical (unpaired) electrons. The average Bonchev–Trinajstić information content (AvgIpc) is 2.51. The first-order valence-corrected chi connectivity index (χ1v) is 7.46. The molecule has 2 N–H and O–H groups in total. The normalized spacial score (nSPS) is 11.8. The van der Waals surface area contributed by atoms with Gasteiger partial charge in [0.05, 0.1) is 5.56 Å². The average molecular weight is 374 g/mol. The molecule has 0 bridgehead atoms. The highest BCUT2D eigenvalue weighted by Crippen LogP contribution is 2.22. The fourth-order valence-electron chi connectivity index (χ4n) is 2.02. The number of carbonyl (C=O) groups is 2. The molecule has 8 heteroatoms. The lowest BCUT2D eigenvalue weighted by atomic mass is 10.1. The monoisotopic (exact) mass is 373 g/mol. The molecule has 0 spiro atoms. The Kier molecular flexibility index (Phi) is 5.75. The third kappa shape index (κ3) is 4.21. The molecule has 0 fully saturated rings. The van der Waals surface area contributed by atoms with Crippen LogP contribution in [0, 0.1) is 11.6 Å². The first-order valence-electron chi connectivity index (χ1n) is 6.71. The van der Waals surface area contributed by atoms with E-state index in [1.165, 1.54) is 18.2 Å². The summed E-state index contributed by atoms with van der Waals surface area (Å²) in [5.74, 6) is -4.92. The number of amides is 1. The molecule has 4 nitrogen and oxygen atoms in total. The van der Waals surface area contributed by atoms with Crippen LogP contribution < -0.4 is 5.32 Å². The number of hydrogen-bond acceptors (Lipinski definition) is 2. The van der Waals surface area contributed by atoms with Gasteiger partial charge in [0, 0.05) is 16.5 Å². The Morgan fingerprint density at radius 3 is 2.50 bits per heavy atom. The highest BCUT2D eigenvalue weighted by atomic mass is 35.5. The van der Waals surface area contributed by atoms with Crippen LogP contribution in [0.15, 0.2) is 36.4 Å². The number of carboxylic acids is 1. The highest BCUT2D eigenvalue weighted by molar-refractivity contribution is 6.35. The number of nitrogens with one attached hydrogen (secondary N) is 1. The largest absolute Gasteiger partial charge is 0.480 e. The molecule has 1 amide bonds. The Morgan fingerprint density at radius 2 is 1.88 bits per heavy atom. The molecule has 0 aliphatic heterocycles. The number of halogens is 4. The van der Waals surface area contributed by atoms with Gasteiger partial charge in [-0.05, 0) is 29.8 Å². The van der Waals surface area contributed by atoms with Gasteiger partial charge < -0.3 is 10.4 Å². The molecular weight excluding hydrogens is 363 g/mol. The molecule has 2 rings (SSSR count). The zero-order chi connectivity index (χ0) is 17.9. The molecule has 2 aromatic carbocycles. The van der Waals surface area contributed by atoms with Gasteiger partial charge in [0.2, 0.25) is 0 Å². The van der Waals surface area contributed by atoms with Crippen LogP contribution in [-0.2, 0) is 11.2 Å². The van der Waals surface area contributed by atoms with Crippen molar-refractivity contribution in [3.05, 3.63) is 69.2 Å². The van der Waals surface area contributed by atoms with E-state index >= 15 is 0 Å². The molecule has 0 aromatic heterocycles. The van der Waals surface area contributed by atoms with Crippen molar-refractivity contribution in [2.45, 2.75) is 12.5 Å². The molecule has 24 heavy (non-hydrogen) atoms. The standard InChI is InChI=1S/C16H11Cl2F2NO3/c17-9-5-4-8(11(18)7-9)6-13(16(23)24)21-15(22)10-2-1-3-12(19)14(10)20/h1-5,7,13H,6H2,(H,21,22)(H,23,24)/t13-/m1/s1. The highest BCUT2D eigenvalue weighted by Gasteiger charge is 2.24. The van der Waals surface area contributed by atoms with E-state index in [0.29, 0.717) is 10.6 Å². The summed E-state index contributed by atoms with van der Waals surface area (Å²) >= 11 is 11.7. The van der Waals surface area contributed by atoms with E-state index in [2.05, 4.69) is 5.32 Å². The molecule has 0 unspecified atom stereocenters. The molecule has 2 aromatic rings. The molecule has 126 valence electrons. The van der Waals surface area contributed by atoms with E-state index in [0.717, 1.165) is 18.2 Å². The summed E-state index contributed by atoms with van der Waals surface area (Å²) in [6.07, 6.45) is -0.145. The van der Waals surface area contributed by atoms with E-state index in [1.807, 2.05) is 0 Å². The number of hydrogen-bond donors (Lipinski definition) is 2. The van der Waals surface area contributed by atoms with Gasteiger partial charge in [-0.15, -0.1) is 0 Å². The minimum atomic E-state index is -1.38. The van der Waals surface area contributed by atoms with Gasteiger partial charge >= 0.3 is 5.97 Å². The Bertz CT molecular complexity index is 799. The molecular formula is C16H11Cl2F2NO3. The van der Waals surface area contributed by atoms with Crippen LogP contribution in [0.5, 0.6) is 0 Å². The van der Waals surface area contributed by atoms with Crippen molar-refractivity contribution in [3.63, 3.8) is 0 Å². The number of carbonyl (C=O) groups excluding carboxylic acids is 1. The maximum atomic E-state index is 13.6. The van der Waals surface area contributed by atoms with Gasteiger partial charge in [0.25, 0.3) is 5.91 Å². The molecule has 0 saturated heterocycles. The summed E-state index contributed by atoms with van der Waals surface area (Å²) in [5.41, 5.74) is -0.142. The van der Waals surface area contributed by atoms with E-state index < -0.39 is 35.1 Å². The summed E-state index contributed by atoms with van der Waals surface area (Å²) in [7, 11) is 0. The van der Waals surface area contributed by atoms with Crippen LogP contribution in [0.1, 0.15) is 15.9 Å². The summed E-state index contributed by atoms with van der Waals surface area (Å²) in [4.78, 5) is 23.4. The quantitative estimate of drug-likeness (QED) is 0.839. The Balaban J connectivity index is 2.21. The zero-order valence-electron chi connectivity index (χ0n) is 12.0. The van der Waals surface area contributed by atoms with Crippen LogP contribution in [-0.4, -0.2) is 23.0 Å². The van der Waals surface area contributed by atoms with Crippen LogP contribution in [0.25, 0.3) is 0 Å². The summed E-state index contributed by atoms with van der Waals surface area (Å²) < 4.78 is 26.8. The van der Waals surface area contributed by atoms with E-state index in [4.69, 9.17) is 23.2 Å². The van der Waals surface area contributed by atoms with Crippen molar-refractivity contribution in [1.29, 1.82) is 0 Å². The van der Waals surface area contributed by atoms with Crippen LogP contribution in [0.4, 0.5) is 8.78 Å². The number of rotatable bonds is 5. The number of aliphatic carboxylic acids is 1. The molecule has 0 aliphatic carbocycles. The smallest absolute Gasteiger partial charge is 0.326 e. The first-order chi connectivity index (χ1) is 11.3. The Hall–Kier alpha value is -2.18. The maximum Gasteiger partial charge on any atom is 0.326 e. The van der Waals surface area contributed by atoms with Crippen molar-refractivity contribution >= 4 is 35.1 Å². The Morgan fingerprint density at radius 1 is 1.17 bits per heavy atom. The van der Waals surface area contributed by atoms with Gasteiger partial charge in [-0.1, -0.05) is 35.3 Å². The first kappa shape index (κ1) is 18.2. The van der Waals surface area contributed by atoms with Crippen LogP contribution in [0.3, 0.4) is 0 Å². The van der Waals surface area contributed by atoms with Gasteiger partial charge in [0.15, 0.2) is 11.6 Å². The molecule has 0 saturated carbocycles. The summed E-state index contributed by atoms with van der Waals surface area (Å²) in [6, 6.07) is 6.17. The predicted octanol–water partition coefficient (Wildman–Crippen LogP) is 3.70. The minimum Gasteiger partial charge on any atom is -0.480 e. The molecule has 1 atom stereocenters. The van der Waals surface area contributed by atoms with E-state index in [1.54, 1.807) is 0 Å². The SMILES string of the molecule is O=C(N[C@H](Cc1ccc(Cl)cc1Cl)C(=O)O)c1cccc(F)c1F. The van der Waals surface area contributed by atoms with Crippen LogP contribution in [0.2, 0.25) is 10.0 Å². The van der Waals surface area contributed by atoms with E-state index in [-0.39, 0.29) is 11.4 Å². The minimum absolute atomic E-state index is 0.145. The van der Waals surface area contributed by atoms with Gasteiger partial charge in [0.1, 0.15) is 6.04 Å². The second-order valence-electron chi connectivity index (χ2n) is 4.91. The third-order valence-electron chi connectivity index (χ3n) is 3.24. The fourth-order valence-corrected chi connectivity index (χ4v) is 2.51. The predicted molar refractivity (Wildman–Crippen MR) is 85.4 cm³/mol. The lowest BCUT2D eigenvalue weighted by Gasteiger charge is -2.16. The van der Waals surface area contributed by atoms with Gasteiger partial charge in [-0.2, -0.15) is 0 Å². The topological polar surface area (TPSA) is 66.4 Å². The lowest BCUT2D eigenvalue weighted by Crippen LogP contribution is -2.42. The van der Waals surface area contributed by atoms with E-state index in [9.17, 15) is 23.5 Å². The lowest BCUT2D eigenvalue weighted by molar-refractivity contribution is -0.139. The zero-order valence-corrected chi connectivity index (χ0v) is 13.5. The third-order valence-corrected chi connectivity index (χ3v) is 3.83. The maximum absolute atomic E-state index is 13.6. The number of benzene rings is 2. The van der Waals surface area contributed by atoms with Crippen molar-refractivity contribution < 1.29 is 23.5 Å². The van der Waals surface area contributed by atoms with Crippen LogP contribution >= 0.6 is 23.2 Å². The van der Waals surface area contributed by atoms with Crippen molar-refractivity contribution in [3.8, 4) is 0 Å². The van der Waals surface area contributed by atoms with Gasteiger partial charge in [-0.3, -0.25) is 4.79 Å². The summed E-state index contributed by atoms with van der Waals surface area (Å²) in [5, 5.41) is 12.0. The number of carboxylic acid groups (broad SMARTS) is 1. The molecule has 0 aliphatic rings. The second kappa shape index (κ2) is 7.59. The second-order valence-corrected chi connectivity index (χ2v) is 5.75. The molecule has 0 heterocycles. The van der Waals surface area contributed by atoms with Crippen molar-refractivity contribution in [1.82, 2.24) is 5.32 Å². The van der Waals surface area contributed by atoms with Gasteiger partial charge in [-0.25, -0.2) is 13.6 Å². The Labute approximate surface area is 146 Å². The van der Waals surface area contributed by atoms with Crippen molar-refractivity contribution in [2.75, 3.05) is 0 Å². The summed E-state index contributed by atoms with van der Waals surface area (Å²) in [6.45, 7) is 0. The van der Waals surface area contributed by atoms with Crippen molar-refractivity contribution in [2.24, 2.45) is 0 Å². The fraction of sp³-hybridized carbons (Fsp3) is 0.125.